The van der Waals surface area contributed by atoms with Gasteiger partial charge in [-0.25, -0.2) is 0 Å². The molecule has 0 fully saturated rings. The first kappa shape index (κ1) is 71.4. The Labute approximate surface area is 470 Å². The van der Waals surface area contributed by atoms with Crippen LogP contribution in [0, 0.1) is 0 Å². The molecular weight excluding hydrogens is 724 g/mol. The highest BCUT2D eigenvalue weighted by Crippen LogP contribution is 2.25. The lowest BCUT2D eigenvalue weighted by molar-refractivity contribution is 3.16. The fourth-order valence-corrected chi connectivity index (χ4v) is 11.7. The van der Waals surface area contributed by atoms with Crippen LogP contribution in [0.25, 0.3) is 0 Å². The lowest BCUT2D eigenvalue weighted by Crippen LogP contribution is -2.98. The second-order valence-corrected chi connectivity index (χ2v) is 18.7. The van der Waals surface area contributed by atoms with Crippen molar-refractivity contribution in [3.8, 4) is 0 Å². The predicted octanol–water partition coefficient (Wildman–Crippen LogP) is -25.5. The van der Waals surface area contributed by atoms with Crippen molar-refractivity contribution in [3.63, 3.8) is 0 Å². The van der Waals surface area contributed by atoms with Gasteiger partial charge >= 0.3 is 0 Å². The molecule has 72 radical (unpaired) electrons. The van der Waals surface area contributed by atoms with Gasteiger partial charge in [0.1, 0.15) is 0 Å². The summed E-state index contributed by atoms with van der Waals surface area (Å²) in [6.45, 7) is 0. The molecule has 67 heavy (non-hydrogen) atoms. The Bertz CT molecular complexity index is 1080. The molecule has 0 bridgehead atoms. The molecule has 0 heterocycles. The zero-order chi connectivity index (χ0) is 53.2. The van der Waals surface area contributed by atoms with Crippen molar-refractivity contribution in [1.82, 2.24) is 0 Å². The first-order valence-corrected chi connectivity index (χ1v) is 22.0. The molecule has 0 aromatic rings. The molecule has 0 aliphatic rings. The molecule has 0 aromatic carbocycles. The molecule has 0 saturated heterocycles. The lowest BCUT2D eigenvalue weighted by atomic mass is 8.22. The summed E-state index contributed by atoms with van der Waals surface area (Å²) in [6.07, 6.45) is -48.0. The summed E-state index contributed by atoms with van der Waals surface area (Å²) in [4.78, 5) is 0. The summed E-state index contributed by atoms with van der Waals surface area (Å²) in [5.41, 5.74) is 0. The normalized spacial score (nSPS) is 9.78. The van der Waals surface area contributed by atoms with Crippen molar-refractivity contribution < 1.29 is 0 Å². The van der Waals surface area contributed by atoms with Crippen LogP contribution in [0.4, 0.5) is 0 Å². The van der Waals surface area contributed by atoms with E-state index < -0.39 is 204 Å². The van der Waals surface area contributed by atoms with Gasteiger partial charge in [-0.05, 0) is 431 Å². The van der Waals surface area contributed by atoms with Crippen molar-refractivity contribution in [1.29, 1.82) is 0 Å². The Hall–Kier alpha value is 4.35. The third kappa shape index (κ3) is 19.3. The summed E-state index contributed by atoms with van der Waals surface area (Å²) >= 11 is 0. The van der Waals surface area contributed by atoms with E-state index in [0.717, 1.165) is 7.06 Å². The predicted molar refractivity (Wildman–Crippen MR) is 386 cm³/mol. The van der Waals surface area contributed by atoms with Crippen LogP contribution >= 0.6 is 0 Å². The van der Waals surface area contributed by atoms with Gasteiger partial charge in [-0.1, -0.05) is 6.39 Å². The molecule has 0 aromatic heterocycles. The lowest BCUT2D eigenvalue weighted by Gasteiger charge is -2.62. The van der Waals surface area contributed by atoms with Gasteiger partial charge in [0, 0.05) is 0 Å². The first-order valence-electron chi connectivity index (χ1n) is 22.0. The highest BCUT2D eigenvalue weighted by Gasteiger charge is 2.63. The van der Waals surface area contributed by atoms with Gasteiger partial charge < -0.3 is 29.6 Å². The SMILES string of the molecule is [B]B([B])B(B([B])[B])B(B(B([B])[B])B([B])[B])B(B(B(B([B])[B])B([B])[B])B(B([B])[B])B([B])[B])B(B(B(B([B])[B])B([B])[B])B(B([B])[B])B([B])[B])B(B(B([B])[B])B([B])[B])B(B([B])[B][B-])B(B([B])[B])B([B-])[B-]. The molecule has 204 valence electrons. The summed E-state index contributed by atoms with van der Waals surface area (Å²) in [5, 5.41) is 0. The van der Waals surface area contributed by atoms with Crippen LogP contribution in [0.1, 0.15) is 0 Å². The fraction of sp³-hybridized carbons (Fsp3) is 0. The van der Waals surface area contributed by atoms with E-state index in [1.54, 1.807) is 0 Å². The van der Waals surface area contributed by atoms with Crippen LogP contribution in [-0.2, 0) is 0 Å². The highest BCUT2D eigenvalue weighted by atomic mass is 13.4. The molecule has 0 aliphatic carbocycles. The Morgan fingerprint density at radius 3 is 0.403 bits per heavy atom. The monoisotopic (exact) mass is 738 g/mol. The average molecular weight is 724 g/mol. The van der Waals surface area contributed by atoms with Crippen LogP contribution in [0.15, 0.2) is 0 Å². The zero-order valence-corrected chi connectivity index (χ0v) is 38.7. The van der Waals surface area contributed by atoms with Crippen molar-refractivity contribution >= 4 is 474 Å². The van der Waals surface area contributed by atoms with E-state index in [-0.39, 0.29) is 0 Å². The minimum Gasteiger partial charge on any atom is -0.729 e. The molecule has 67 heteroatoms. The summed E-state index contributed by atoms with van der Waals surface area (Å²) in [5.74, 6) is 0. The molecule has 0 atom stereocenters. The first-order chi connectivity index (χ1) is 30.5. The number of hydrogen-bond donors (Lipinski definition) is 0. The number of hydrogen-bond acceptors (Lipinski definition) is 0. The van der Waals surface area contributed by atoms with Gasteiger partial charge in [-0.2, -0.15) is 0 Å². The van der Waals surface area contributed by atoms with Crippen molar-refractivity contribution in [3.05, 3.63) is 0 Å². The summed E-state index contributed by atoms with van der Waals surface area (Å²) in [6, 6.07) is 0. The van der Waals surface area contributed by atoms with Crippen LogP contribution in [0.2, 0.25) is 0 Å². The van der Waals surface area contributed by atoms with E-state index >= 15 is 0 Å². The maximum atomic E-state index is 7.06. The Balaban J connectivity index is 11.4. The van der Waals surface area contributed by atoms with Gasteiger partial charge in [0.15, 0.2) is 0 Å². The van der Waals surface area contributed by atoms with E-state index in [0.29, 0.717) is 0 Å². The molecule has 0 saturated carbocycles. The summed E-state index contributed by atoms with van der Waals surface area (Å²) in [7, 11) is 229. The molecule has 0 spiro atoms. The Morgan fingerprint density at radius 1 is 0.179 bits per heavy atom. The van der Waals surface area contributed by atoms with Crippen molar-refractivity contribution in [2.24, 2.45) is 0 Å². The molecule has 0 N–H and O–H groups in total. The van der Waals surface area contributed by atoms with E-state index in [4.69, 9.17) is 263 Å². The maximum absolute atomic E-state index is 7.06. The Morgan fingerprint density at radius 2 is 0.299 bits per heavy atom. The molecular formula is B67-3. The topological polar surface area (TPSA) is 0 Å². The van der Waals surface area contributed by atoms with Gasteiger partial charge in [0.05, 0.1) is 0 Å². The summed E-state index contributed by atoms with van der Waals surface area (Å²) < 4.78 is 0. The molecule has 0 unspecified atom stereocenters. The standard InChI is InChI=1S/B67/c1-35-52(34)61(53(36(2)3)37(4)5)65(60(50(30)31)51(32)33)67(64(58(46(22)23)47(24)25)59(48(26)27)49(28)29)66(62(54(38(6)7)39(8)9)55(40(10)11)41(12)13)63(56(42(14)15)43(16)17)57(44(18)19)45(20)21/q-3. The second kappa shape index (κ2) is 32.9. The smallest absolute Gasteiger partial charge is 0.000000000000000000104 e. The van der Waals surface area contributed by atoms with Crippen molar-refractivity contribution in [2.75, 3.05) is 0 Å². The highest BCUT2D eigenvalue weighted by molar-refractivity contribution is 8.39. The largest absolute Gasteiger partial charge is 0.729 e. The fourth-order valence-electron chi connectivity index (χ4n) is 11.7. The van der Waals surface area contributed by atoms with Gasteiger partial charge in [0.25, 0.3) is 0 Å². The minimum atomic E-state index is -1.64. The third-order valence-corrected chi connectivity index (χ3v) is 14.0. The quantitative estimate of drug-likeness (QED) is 0.0606. The molecule has 0 nitrogen and oxygen atoms in total. The van der Waals surface area contributed by atoms with E-state index in [2.05, 4.69) is 0 Å². The van der Waals surface area contributed by atoms with Gasteiger partial charge in [-0.15, -0.1) is 0 Å². The van der Waals surface area contributed by atoms with Crippen LogP contribution in [0.5, 0.6) is 0 Å². The zero-order valence-electron chi connectivity index (χ0n) is 38.7. The average Bonchev–Trinajstić information content (AvgIpc) is 3.11. The van der Waals surface area contributed by atoms with Crippen LogP contribution < -0.4 is 0 Å². The number of rotatable bonds is 32. The Kier molecular flexibility index (Phi) is 35.1. The van der Waals surface area contributed by atoms with Gasteiger partial charge in [-0.3, -0.25) is 7.06 Å². The van der Waals surface area contributed by atoms with Gasteiger partial charge in [0.2, 0.25) is 0 Å². The maximum Gasteiger partial charge on any atom is -0.000000000000000000104 e. The van der Waals surface area contributed by atoms with Crippen molar-refractivity contribution in [2.45, 2.75) is 0 Å². The van der Waals surface area contributed by atoms with E-state index in [1.165, 1.54) is 0 Å². The van der Waals surface area contributed by atoms with E-state index in [1.807, 2.05) is 0 Å². The molecule has 0 rings (SSSR count). The molecule has 0 aliphatic heterocycles. The minimum absolute atomic E-state index is 1.08. The third-order valence-electron chi connectivity index (χ3n) is 14.0. The molecule has 0 amide bonds. The second-order valence-electron chi connectivity index (χ2n) is 18.7. The van der Waals surface area contributed by atoms with E-state index in [9.17, 15) is 0 Å². The van der Waals surface area contributed by atoms with Crippen LogP contribution in [-0.4, -0.2) is 474 Å². The van der Waals surface area contributed by atoms with Crippen LogP contribution in [0.3, 0.4) is 0 Å².